The maximum absolute atomic E-state index is 12.3. The molecule has 0 bridgehead atoms. The Bertz CT molecular complexity index is 1070. The summed E-state index contributed by atoms with van der Waals surface area (Å²) in [7, 11) is 0. The number of aliphatic hydroxyl groups excluding tert-OH is 1. The zero-order valence-electron chi connectivity index (χ0n) is 14.4. The van der Waals surface area contributed by atoms with Crippen molar-refractivity contribution in [3.05, 3.63) is 72.6 Å². The number of hydrogen-bond acceptors (Lipinski definition) is 5. The Balaban J connectivity index is 1.60. The minimum atomic E-state index is -0.438. The minimum absolute atomic E-state index is 0.0118. The van der Waals surface area contributed by atoms with Crippen LogP contribution in [0.3, 0.4) is 0 Å². The number of para-hydroxylation sites is 1. The Morgan fingerprint density at radius 3 is 2.70 bits per heavy atom. The summed E-state index contributed by atoms with van der Waals surface area (Å²) in [4.78, 5) is 29.6. The molecule has 3 aromatic rings. The second-order valence-corrected chi connectivity index (χ2v) is 6.20. The quantitative estimate of drug-likeness (QED) is 0.684. The number of benzene rings is 2. The molecule has 1 aromatic heterocycles. The van der Waals surface area contributed by atoms with Crippen LogP contribution in [0.2, 0.25) is 0 Å². The molecule has 0 fully saturated rings. The van der Waals surface area contributed by atoms with E-state index in [0.29, 0.717) is 5.69 Å². The van der Waals surface area contributed by atoms with Crippen molar-refractivity contribution in [1.29, 1.82) is 0 Å². The smallest absolute Gasteiger partial charge is 0.277 e. The molecule has 6 heteroatoms. The number of aromatic nitrogens is 1. The van der Waals surface area contributed by atoms with Crippen LogP contribution in [-0.2, 0) is 9.59 Å². The lowest BCUT2D eigenvalue weighted by atomic mass is 10.0. The number of rotatable bonds is 5. The second-order valence-electron chi connectivity index (χ2n) is 6.20. The lowest BCUT2D eigenvalue weighted by molar-refractivity contribution is -0.137. The molecule has 0 radical (unpaired) electrons. The molecule has 0 aliphatic carbocycles. The molecule has 2 N–H and O–H groups in total. The van der Waals surface area contributed by atoms with Gasteiger partial charge in [0.05, 0.1) is 18.7 Å². The van der Waals surface area contributed by atoms with Crippen LogP contribution < -0.4 is 5.32 Å². The topological polar surface area (TPSA) is 82.5 Å². The van der Waals surface area contributed by atoms with Gasteiger partial charge in [-0.1, -0.05) is 30.3 Å². The average molecular weight is 359 g/mol. The number of pyridine rings is 1. The van der Waals surface area contributed by atoms with E-state index in [4.69, 9.17) is 5.11 Å². The molecular formula is C21H17N3O3. The normalized spacial score (nSPS) is 14.0. The number of carbonyl (C=O) groups is 2. The van der Waals surface area contributed by atoms with Crippen molar-refractivity contribution in [2.45, 2.75) is 0 Å². The Kier molecular flexibility index (Phi) is 4.40. The van der Waals surface area contributed by atoms with Crippen molar-refractivity contribution < 1.29 is 14.7 Å². The summed E-state index contributed by atoms with van der Waals surface area (Å²) in [6.07, 6.45) is 3.07. The number of hydrogen-bond donors (Lipinski definition) is 2. The average Bonchev–Trinajstić information content (AvgIpc) is 2.95. The first-order valence-corrected chi connectivity index (χ1v) is 8.56. The van der Waals surface area contributed by atoms with E-state index < -0.39 is 11.8 Å². The van der Waals surface area contributed by atoms with Gasteiger partial charge in [-0.15, -0.1) is 0 Å². The Labute approximate surface area is 155 Å². The number of β-amino-alcohol motifs (C(OH)–C–C–N with tert-alkyl or cyclic N) is 1. The number of imide groups is 1. The number of aliphatic hydroxyl groups is 1. The van der Waals surface area contributed by atoms with Gasteiger partial charge in [-0.25, -0.2) is 0 Å². The highest BCUT2D eigenvalue weighted by Gasteiger charge is 2.30. The van der Waals surface area contributed by atoms with Crippen molar-refractivity contribution in [2.75, 3.05) is 18.5 Å². The first-order valence-electron chi connectivity index (χ1n) is 8.56. The van der Waals surface area contributed by atoms with E-state index in [1.54, 1.807) is 0 Å². The van der Waals surface area contributed by atoms with Gasteiger partial charge < -0.3 is 10.4 Å². The number of fused-ring (bicyclic) bond motifs is 1. The molecule has 4 rings (SSSR count). The van der Waals surface area contributed by atoms with Crippen molar-refractivity contribution in [3.8, 4) is 11.1 Å². The van der Waals surface area contributed by atoms with Gasteiger partial charge in [-0.3, -0.25) is 19.5 Å². The standard InChI is InChI=1S/C21H17N3O3/c25-9-8-24-20(26)12-19(21(24)27)23-17-6-3-5-14(11-17)16-10-15-4-1-2-7-18(15)22-13-16/h1-7,10-13,23,25H,8-9H2. The number of carbonyl (C=O) groups excluding carboxylic acids is 2. The predicted octanol–water partition coefficient (Wildman–Crippen LogP) is 2.56. The van der Waals surface area contributed by atoms with Crippen LogP contribution in [-0.4, -0.2) is 40.0 Å². The molecule has 2 aromatic carbocycles. The van der Waals surface area contributed by atoms with Gasteiger partial charge in [0, 0.05) is 28.9 Å². The molecule has 0 saturated carbocycles. The molecule has 1 aliphatic rings. The highest BCUT2D eigenvalue weighted by molar-refractivity contribution is 6.17. The molecule has 0 unspecified atom stereocenters. The lowest BCUT2D eigenvalue weighted by Gasteiger charge is -2.13. The maximum Gasteiger partial charge on any atom is 0.277 e. The molecule has 2 amide bonds. The number of nitrogens with zero attached hydrogens (tertiary/aromatic N) is 2. The number of anilines is 1. The van der Waals surface area contributed by atoms with Crippen LogP contribution in [0, 0.1) is 0 Å². The molecule has 6 nitrogen and oxygen atoms in total. The van der Waals surface area contributed by atoms with E-state index in [2.05, 4.69) is 16.4 Å². The molecule has 0 saturated heterocycles. The van der Waals surface area contributed by atoms with E-state index in [1.165, 1.54) is 6.08 Å². The van der Waals surface area contributed by atoms with Gasteiger partial charge in [0.15, 0.2) is 0 Å². The van der Waals surface area contributed by atoms with Crippen LogP contribution in [0.15, 0.2) is 72.6 Å². The van der Waals surface area contributed by atoms with Crippen LogP contribution in [0.5, 0.6) is 0 Å². The van der Waals surface area contributed by atoms with Crippen molar-refractivity contribution in [1.82, 2.24) is 9.88 Å². The summed E-state index contributed by atoms with van der Waals surface area (Å²) in [6.45, 7) is -0.273. The van der Waals surface area contributed by atoms with Crippen LogP contribution in [0.1, 0.15) is 0 Å². The highest BCUT2D eigenvalue weighted by atomic mass is 16.3. The molecule has 0 atom stereocenters. The van der Waals surface area contributed by atoms with Gasteiger partial charge in [-0.05, 0) is 29.8 Å². The molecule has 2 heterocycles. The van der Waals surface area contributed by atoms with Crippen LogP contribution in [0.25, 0.3) is 22.0 Å². The van der Waals surface area contributed by atoms with Crippen molar-refractivity contribution in [3.63, 3.8) is 0 Å². The molecule has 0 spiro atoms. The summed E-state index contributed by atoms with van der Waals surface area (Å²) in [5, 5.41) is 13.0. The van der Waals surface area contributed by atoms with Gasteiger partial charge in [0.1, 0.15) is 5.70 Å². The third kappa shape index (κ3) is 3.30. The lowest BCUT2D eigenvalue weighted by Crippen LogP contribution is -2.34. The fraction of sp³-hybridized carbons (Fsp3) is 0.0952. The summed E-state index contributed by atoms with van der Waals surface area (Å²) in [6, 6.07) is 17.5. The van der Waals surface area contributed by atoms with Gasteiger partial charge in [-0.2, -0.15) is 0 Å². The van der Waals surface area contributed by atoms with Crippen molar-refractivity contribution in [2.24, 2.45) is 0 Å². The van der Waals surface area contributed by atoms with Gasteiger partial charge in [0.25, 0.3) is 11.8 Å². The molecule has 134 valence electrons. The molecule has 1 aliphatic heterocycles. The molecular weight excluding hydrogens is 342 g/mol. The van der Waals surface area contributed by atoms with E-state index in [0.717, 1.165) is 26.9 Å². The number of nitrogens with one attached hydrogen (secondary N) is 1. The zero-order valence-corrected chi connectivity index (χ0v) is 14.4. The van der Waals surface area contributed by atoms with Crippen LogP contribution >= 0.6 is 0 Å². The van der Waals surface area contributed by atoms with Gasteiger partial charge >= 0.3 is 0 Å². The Morgan fingerprint density at radius 2 is 1.85 bits per heavy atom. The van der Waals surface area contributed by atoms with E-state index >= 15 is 0 Å². The summed E-state index contributed by atoms with van der Waals surface area (Å²) >= 11 is 0. The fourth-order valence-corrected chi connectivity index (χ4v) is 3.07. The maximum atomic E-state index is 12.3. The Hall–Kier alpha value is -3.51. The largest absolute Gasteiger partial charge is 0.395 e. The predicted molar refractivity (Wildman–Crippen MR) is 103 cm³/mol. The van der Waals surface area contributed by atoms with Gasteiger partial charge in [0.2, 0.25) is 0 Å². The van der Waals surface area contributed by atoms with Crippen molar-refractivity contribution >= 4 is 28.4 Å². The van der Waals surface area contributed by atoms with Crippen LogP contribution in [0.4, 0.5) is 5.69 Å². The fourth-order valence-electron chi connectivity index (χ4n) is 3.07. The number of amides is 2. The summed E-state index contributed by atoms with van der Waals surface area (Å²) in [5.74, 6) is -0.863. The summed E-state index contributed by atoms with van der Waals surface area (Å²) in [5.41, 5.74) is 3.73. The third-order valence-corrected chi connectivity index (χ3v) is 4.40. The first kappa shape index (κ1) is 16.9. The zero-order chi connectivity index (χ0) is 18.8. The second kappa shape index (κ2) is 7.01. The third-order valence-electron chi connectivity index (χ3n) is 4.40. The first-order chi connectivity index (χ1) is 13.2. The van der Waals surface area contributed by atoms with E-state index in [9.17, 15) is 9.59 Å². The minimum Gasteiger partial charge on any atom is -0.395 e. The Morgan fingerprint density at radius 1 is 1.00 bits per heavy atom. The van der Waals surface area contributed by atoms with E-state index in [1.807, 2.05) is 54.7 Å². The highest BCUT2D eigenvalue weighted by Crippen LogP contribution is 2.26. The van der Waals surface area contributed by atoms with E-state index in [-0.39, 0.29) is 18.8 Å². The monoisotopic (exact) mass is 359 g/mol. The summed E-state index contributed by atoms with van der Waals surface area (Å²) < 4.78 is 0. The molecule has 27 heavy (non-hydrogen) atoms. The SMILES string of the molecule is O=C1C=C(Nc2cccc(-c3cnc4ccccc4c3)c2)C(=O)N1CCO.